The van der Waals surface area contributed by atoms with E-state index in [2.05, 4.69) is 0 Å². The number of hydrogen-bond acceptors (Lipinski definition) is 2. The van der Waals surface area contributed by atoms with Gasteiger partial charge in [-0.25, -0.2) is 0 Å². The van der Waals surface area contributed by atoms with Gasteiger partial charge >= 0.3 is 0 Å². The van der Waals surface area contributed by atoms with Crippen LogP contribution in [0.15, 0.2) is 0 Å². The first kappa shape index (κ1) is 12.5. The van der Waals surface area contributed by atoms with Crippen LogP contribution in [0.3, 0.4) is 0 Å². The lowest BCUT2D eigenvalue weighted by molar-refractivity contribution is -0.0467. The van der Waals surface area contributed by atoms with Gasteiger partial charge in [0.25, 0.3) is 0 Å². The summed E-state index contributed by atoms with van der Waals surface area (Å²) in [6, 6.07) is 0. The largest absolute Gasteiger partial charge is 0.363 e. The van der Waals surface area contributed by atoms with Crippen molar-refractivity contribution in [2.45, 2.75) is 63.8 Å². The van der Waals surface area contributed by atoms with E-state index in [4.69, 9.17) is 16.0 Å². The third-order valence-electron chi connectivity index (χ3n) is 3.07. The monoisotopic (exact) mass is 238 g/mol. The molecule has 0 aromatic heterocycles. The third kappa shape index (κ3) is 3.25. The van der Waals surface area contributed by atoms with E-state index < -0.39 is 12.5 Å². The van der Waals surface area contributed by atoms with E-state index in [1.807, 2.05) is 13.8 Å². The van der Waals surface area contributed by atoms with Crippen molar-refractivity contribution >= 4 is 18.4 Å². The van der Waals surface area contributed by atoms with Gasteiger partial charge in [-0.1, -0.05) is 37.4 Å². The molecule has 1 aliphatic carbocycles. The molecule has 0 saturated heterocycles. The molecule has 0 radical (unpaired) electrons. The minimum absolute atomic E-state index is 0.279. The van der Waals surface area contributed by atoms with Crippen LogP contribution < -0.4 is 0 Å². The van der Waals surface area contributed by atoms with E-state index in [0.29, 0.717) is 0 Å². The van der Waals surface area contributed by atoms with Crippen molar-refractivity contribution in [1.29, 1.82) is 0 Å². The van der Waals surface area contributed by atoms with Crippen molar-refractivity contribution in [2.24, 2.45) is 0 Å². The predicted molar refractivity (Wildman–Crippen MR) is 61.5 cm³/mol. The zero-order valence-corrected chi connectivity index (χ0v) is 10.8. The normalized spacial score (nSPS) is 25.6. The topological polar surface area (TPSA) is 26.3 Å². The van der Waals surface area contributed by atoms with E-state index in [9.17, 15) is 4.57 Å². The van der Waals surface area contributed by atoms with Crippen LogP contribution in [-0.4, -0.2) is 11.4 Å². The Labute approximate surface area is 91.9 Å². The lowest BCUT2D eigenvalue weighted by Crippen LogP contribution is -2.30. The first-order chi connectivity index (χ1) is 6.58. The molecule has 1 aliphatic rings. The second-order valence-electron chi connectivity index (χ2n) is 4.24. The highest BCUT2D eigenvalue weighted by molar-refractivity contribution is 7.74. The van der Waals surface area contributed by atoms with Gasteiger partial charge in [0.2, 0.25) is 0 Å². The van der Waals surface area contributed by atoms with Crippen molar-refractivity contribution < 1.29 is 9.30 Å². The molecule has 0 bridgehead atoms. The fourth-order valence-corrected chi connectivity index (χ4v) is 2.89. The van der Waals surface area contributed by atoms with Crippen LogP contribution in [0.5, 0.6) is 0 Å². The Morgan fingerprint density at radius 1 is 1.43 bits per heavy atom. The average Bonchev–Trinajstić information content (AvgIpc) is 2.19. The second kappa shape index (κ2) is 5.53. The minimum atomic E-state index is -2.12. The van der Waals surface area contributed by atoms with Crippen molar-refractivity contribution in [3.05, 3.63) is 0 Å². The molecule has 0 aromatic carbocycles. The van der Waals surface area contributed by atoms with Gasteiger partial charge in [0.05, 0.1) is 6.10 Å². The SMILES string of the molecule is CCC(C)(OC1CCCCC1)[PH](=O)Cl. The number of rotatable bonds is 4. The second-order valence-corrected chi connectivity index (χ2v) is 6.87. The maximum Gasteiger partial charge on any atom is 0.188 e. The van der Waals surface area contributed by atoms with Crippen LogP contribution in [0, 0.1) is 0 Å². The standard InChI is InChI=1S/C10H20ClO2P/c1-3-10(2,14(11)12)13-9-7-5-4-6-8-9/h9,14H,3-8H2,1-2H3. The van der Waals surface area contributed by atoms with Gasteiger partial charge in [0, 0.05) is 0 Å². The van der Waals surface area contributed by atoms with Gasteiger partial charge < -0.3 is 9.30 Å². The molecule has 2 unspecified atom stereocenters. The molecule has 0 amide bonds. The van der Waals surface area contributed by atoms with E-state index in [-0.39, 0.29) is 6.10 Å². The predicted octanol–water partition coefficient (Wildman–Crippen LogP) is 4.18. The summed E-state index contributed by atoms with van der Waals surface area (Å²) in [5.74, 6) is 0. The fraction of sp³-hybridized carbons (Fsp3) is 1.00. The fourth-order valence-electron chi connectivity index (χ4n) is 1.82. The van der Waals surface area contributed by atoms with Crippen LogP contribution in [-0.2, 0) is 9.30 Å². The maximum atomic E-state index is 11.4. The molecule has 0 spiro atoms. The molecule has 84 valence electrons. The lowest BCUT2D eigenvalue weighted by atomic mass is 9.97. The Bertz CT molecular complexity index is 204. The Balaban J connectivity index is 2.50. The molecule has 14 heavy (non-hydrogen) atoms. The highest BCUT2D eigenvalue weighted by atomic mass is 35.7. The summed E-state index contributed by atoms with van der Waals surface area (Å²) in [5.41, 5.74) is 0. The maximum absolute atomic E-state index is 11.4. The lowest BCUT2D eigenvalue weighted by Gasteiger charge is -2.32. The van der Waals surface area contributed by atoms with E-state index >= 15 is 0 Å². The van der Waals surface area contributed by atoms with E-state index in [1.165, 1.54) is 19.3 Å². The van der Waals surface area contributed by atoms with Gasteiger partial charge in [0.1, 0.15) is 5.34 Å². The van der Waals surface area contributed by atoms with Gasteiger partial charge in [0.15, 0.2) is 7.15 Å². The van der Waals surface area contributed by atoms with Crippen LogP contribution in [0.25, 0.3) is 0 Å². The molecule has 1 fully saturated rings. The van der Waals surface area contributed by atoms with Gasteiger partial charge in [-0.05, 0) is 26.2 Å². The van der Waals surface area contributed by atoms with Crippen LogP contribution in [0.1, 0.15) is 52.4 Å². The van der Waals surface area contributed by atoms with E-state index in [0.717, 1.165) is 19.3 Å². The zero-order chi connectivity index (χ0) is 10.6. The number of halogens is 1. The molecule has 0 aromatic rings. The van der Waals surface area contributed by atoms with Crippen molar-refractivity contribution in [2.75, 3.05) is 0 Å². The number of ether oxygens (including phenoxy) is 1. The molecule has 4 heteroatoms. The summed E-state index contributed by atoms with van der Waals surface area (Å²) in [6.45, 7) is 3.85. The van der Waals surface area contributed by atoms with Crippen molar-refractivity contribution in [3.63, 3.8) is 0 Å². The van der Waals surface area contributed by atoms with Crippen LogP contribution >= 0.6 is 18.4 Å². The zero-order valence-electron chi connectivity index (χ0n) is 9.01. The molecule has 2 nitrogen and oxygen atoms in total. The van der Waals surface area contributed by atoms with Gasteiger partial charge in [-0.15, -0.1) is 0 Å². The smallest absolute Gasteiger partial charge is 0.188 e. The van der Waals surface area contributed by atoms with Crippen LogP contribution in [0.4, 0.5) is 0 Å². The molecule has 1 saturated carbocycles. The highest BCUT2D eigenvalue weighted by Crippen LogP contribution is 2.47. The van der Waals surface area contributed by atoms with Crippen LogP contribution in [0.2, 0.25) is 0 Å². The quantitative estimate of drug-likeness (QED) is 0.687. The molecule has 0 N–H and O–H groups in total. The molecule has 0 heterocycles. The molecule has 0 aliphatic heterocycles. The summed E-state index contributed by atoms with van der Waals surface area (Å²) < 4.78 is 17.3. The molecular formula is C10H20ClO2P. The summed E-state index contributed by atoms with van der Waals surface area (Å²) in [7, 11) is -2.12. The highest BCUT2D eigenvalue weighted by Gasteiger charge is 2.32. The Kier molecular flexibility index (Phi) is 4.96. The minimum Gasteiger partial charge on any atom is -0.363 e. The first-order valence-corrected chi connectivity index (χ1v) is 7.88. The van der Waals surface area contributed by atoms with Gasteiger partial charge in [-0.3, -0.25) is 0 Å². The summed E-state index contributed by atoms with van der Waals surface area (Å²) in [6.07, 6.45) is 6.97. The summed E-state index contributed by atoms with van der Waals surface area (Å²) in [4.78, 5) is 0. The third-order valence-corrected chi connectivity index (χ3v) is 5.57. The van der Waals surface area contributed by atoms with Gasteiger partial charge in [-0.2, -0.15) is 0 Å². The average molecular weight is 239 g/mol. The van der Waals surface area contributed by atoms with Crippen molar-refractivity contribution in [1.82, 2.24) is 0 Å². The molecule has 1 rings (SSSR count). The number of hydrogen-bond donors (Lipinski definition) is 0. The molecular weight excluding hydrogens is 219 g/mol. The first-order valence-electron chi connectivity index (χ1n) is 5.46. The van der Waals surface area contributed by atoms with Crippen molar-refractivity contribution in [3.8, 4) is 0 Å². The summed E-state index contributed by atoms with van der Waals surface area (Å²) in [5, 5.41) is -0.589. The van der Waals surface area contributed by atoms with E-state index in [1.54, 1.807) is 0 Å². The Hall–Kier alpha value is 0.480. The summed E-state index contributed by atoms with van der Waals surface area (Å²) >= 11 is 5.73. The Morgan fingerprint density at radius 2 is 2.00 bits per heavy atom. The molecule has 2 atom stereocenters. The Morgan fingerprint density at radius 3 is 2.43 bits per heavy atom.